The van der Waals surface area contributed by atoms with Crippen molar-refractivity contribution in [2.45, 2.75) is 117 Å². The highest BCUT2D eigenvalue weighted by molar-refractivity contribution is 5.92. The standard InChI is InChI=1S/C33H47N3O5/c1-8-10-23(4)34-30(38)29(25-18-21(2)17-22(3)19-25)36(26-11-9-12-26)31(39)28(35-32(40)41-33(5,6)7)20-24-13-15-27(37)16-14-24/h13-19,23,26,28-29,37H,8-12,20H2,1-7H3,(H,34,38)(H,35,40). The average Bonchev–Trinajstić information content (AvgIpc) is 2.81. The largest absolute Gasteiger partial charge is 0.508 e. The van der Waals surface area contributed by atoms with E-state index in [2.05, 4.69) is 17.6 Å². The molecule has 8 heteroatoms. The van der Waals surface area contributed by atoms with Crippen molar-refractivity contribution in [1.82, 2.24) is 15.5 Å². The maximum Gasteiger partial charge on any atom is 0.408 e. The Morgan fingerprint density at radius 2 is 1.63 bits per heavy atom. The second-order valence-electron chi connectivity index (χ2n) is 12.4. The summed E-state index contributed by atoms with van der Waals surface area (Å²) < 4.78 is 5.52. The van der Waals surface area contributed by atoms with Crippen LogP contribution in [0.1, 0.15) is 95.0 Å². The zero-order valence-electron chi connectivity index (χ0n) is 25.6. The number of benzene rings is 2. The van der Waals surface area contributed by atoms with Crippen LogP contribution >= 0.6 is 0 Å². The van der Waals surface area contributed by atoms with E-state index in [1.54, 1.807) is 49.9 Å². The molecule has 2 aromatic rings. The van der Waals surface area contributed by atoms with Gasteiger partial charge in [-0.05, 0) is 90.5 Å². The van der Waals surface area contributed by atoms with Gasteiger partial charge in [-0.25, -0.2) is 4.79 Å². The number of ether oxygens (including phenoxy) is 1. The van der Waals surface area contributed by atoms with Gasteiger partial charge in [0.2, 0.25) is 11.8 Å². The molecule has 0 saturated heterocycles. The van der Waals surface area contributed by atoms with E-state index in [0.29, 0.717) is 0 Å². The highest BCUT2D eigenvalue weighted by Crippen LogP contribution is 2.35. The van der Waals surface area contributed by atoms with Gasteiger partial charge in [0, 0.05) is 18.5 Å². The molecule has 3 N–H and O–H groups in total. The molecule has 0 bridgehead atoms. The first-order valence-corrected chi connectivity index (χ1v) is 14.8. The normalized spacial score (nSPS) is 15.7. The molecular formula is C33H47N3O5. The summed E-state index contributed by atoms with van der Waals surface area (Å²) in [4.78, 5) is 43.3. The number of phenols is 1. The number of hydrogen-bond donors (Lipinski definition) is 3. The topological polar surface area (TPSA) is 108 Å². The quantitative estimate of drug-likeness (QED) is 0.316. The molecule has 0 aliphatic heterocycles. The van der Waals surface area contributed by atoms with E-state index in [4.69, 9.17) is 4.74 Å². The second kappa shape index (κ2) is 13.9. The first kappa shape index (κ1) is 32.0. The number of nitrogens with one attached hydrogen (secondary N) is 2. The van der Waals surface area contributed by atoms with Crippen LogP contribution in [-0.4, -0.2) is 51.6 Å². The van der Waals surface area contributed by atoms with Crippen LogP contribution in [0.2, 0.25) is 0 Å². The van der Waals surface area contributed by atoms with Crippen molar-refractivity contribution in [3.8, 4) is 5.75 Å². The molecule has 1 fully saturated rings. The van der Waals surface area contributed by atoms with Crippen molar-refractivity contribution >= 4 is 17.9 Å². The van der Waals surface area contributed by atoms with Gasteiger partial charge in [0.1, 0.15) is 23.4 Å². The van der Waals surface area contributed by atoms with Crippen LogP contribution in [-0.2, 0) is 20.7 Å². The van der Waals surface area contributed by atoms with Gasteiger partial charge in [-0.2, -0.15) is 0 Å². The Hall–Kier alpha value is -3.55. The van der Waals surface area contributed by atoms with Crippen molar-refractivity contribution in [2.24, 2.45) is 0 Å². The van der Waals surface area contributed by atoms with Gasteiger partial charge in [0.05, 0.1) is 0 Å². The number of phenolic OH excluding ortho intramolecular Hbond substituents is 1. The third-order valence-electron chi connectivity index (χ3n) is 7.28. The van der Waals surface area contributed by atoms with Crippen molar-refractivity contribution in [3.05, 3.63) is 64.7 Å². The lowest BCUT2D eigenvalue weighted by Gasteiger charge is -2.44. The Balaban J connectivity index is 2.07. The molecule has 41 heavy (non-hydrogen) atoms. The number of alkyl carbamates (subject to hydrolysis) is 1. The molecule has 0 radical (unpaired) electrons. The summed E-state index contributed by atoms with van der Waals surface area (Å²) in [5, 5.41) is 15.7. The van der Waals surface area contributed by atoms with Crippen LogP contribution in [0.4, 0.5) is 4.79 Å². The lowest BCUT2D eigenvalue weighted by molar-refractivity contribution is -0.147. The van der Waals surface area contributed by atoms with E-state index in [1.807, 2.05) is 39.0 Å². The molecule has 0 aromatic heterocycles. The minimum atomic E-state index is -0.982. The van der Waals surface area contributed by atoms with Crippen LogP contribution in [0.25, 0.3) is 0 Å². The minimum absolute atomic E-state index is 0.0491. The molecule has 224 valence electrons. The molecule has 3 unspecified atom stereocenters. The fraction of sp³-hybridized carbons (Fsp3) is 0.545. The Labute approximate surface area is 244 Å². The van der Waals surface area contributed by atoms with Gasteiger partial charge in [-0.3, -0.25) is 9.59 Å². The number of nitrogens with zero attached hydrogens (tertiary/aromatic N) is 1. The van der Waals surface area contributed by atoms with Gasteiger partial charge in [-0.15, -0.1) is 0 Å². The Kier molecular flexibility index (Phi) is 10.8. The fourth-order valence-corrected chi connectivity index (χ4v) is 5.31. The van der Waals surface area contributed by atoms with Gasteiger partial charge in [0.25, 0.3) is 0 Å². The van der Waals surface area contributed by atoms with E-state index in [9.17, 15) is 19.5 Å². The molecule has 1 saturated carbocycles. The molecule has 8 nitrogen and oxygen atoms in total. The fourth-order valence-electron chi connectivity index (χ4n) is 5.31. The lowest BCUT2D eigenvalue weighted by Crippen LogP contribution is -2.58. The van der Waals surface area contributed by atoms with Crippen molar-refractivity contribution in [3.63, 3.8) is 0 Å². The number of amides is 3. The second-order valence-corrected chi connectivity index (χ2v) is 12.4. The maximum atomic E-state index is 14.6. The minimum Gasteiger partial charge on any atom is -0.508 e. The van der Waals surface area contributed by atoms with Crippen molar-refractivity contribution in [2.75, 3.05) is 0 Å². The van der Waals surface area contributed by atoms with Gasteiger partial charge in [-0.1, -0.05) is 54.8 Å². The number of hydrogen-bond acceptors (Lipinski definition) is 5. The van der Waals surface area contributed by atoms with E-state index >= 15 is 0 Å². The molecule has 3 atom stereocenters. The lowest BCUT2D eigenvalue weighted by atomic mass is 9.87. The average molecular weight is 566 g/mol. The van der Waals surface area contributed by atoms with Crippen molar-refractivity contribution in [1.29, 1.82) is 0 Å². The summed E-state index contributed by atoms with van der Waals surface area (Å²) in [5.41, 5.74) is 2.78. The van der Waals surface area contributed by atoms with Crippen LogP contribution < -0.4 is 10.6 Å². The summed E-state index contributed by atoms with van der Waals surface area (Å²) in [7, 11) is 0. The maximum absolute atomic E-state index is 14.6. The number of carbonyl (C=O) groups excluding carboxylic acids is 3. The summed E-state index contributed by atoms with van der Waals surface area (Å²) in [5.74, 6) is -0.450. The number of aromatic hydroxyl groups is 1. The molecule has 0 heterocycles. The Bertz CT molecular complexity index is 1180. The van der Waals surface area contributed by atoms with Crippen LogP contribution in [0.15, 0.2) is 42.5 Å². The zero-order chi connectivity index (χ0) is 30.3. The van der Waals surface area contributed by atoms with Crippen LogP contribution in [0.3, 0.4) is 0 Å². The third kappa shape index (κ3) is 9.23. The van der Waals surface area contributed by atoms with Crippen LogP contribution in [0.5, 0.6) is 5.75 Å². The molecule has 0 spiro atoms. The highest BCUT2D eigenvalue weighted by Gasteiger charge is 2.42. The van der Waals surface area contributed by atoms with Gasteiger partial charge < -0.3 is 25.4 Å². The monoisotopic (exact) mass is 565 g/mol. The Morgan fingerprint density at radius 3 is 2.15 bits per heavy atom. The molecule has 3 amide bonds. The van der Waals surface area contributed by atoms with E-state index in [0.717, 1.165) is 54.4 Å². The summed E-state index contributed by atoms with van der Waals surface area (Å²) in [6.45, 7) is 13.3. The van der Waals surface area contributed by atoms with Crippen LogP contribution in [0, 0.1) is 13.8 Å². The Morgan fingerprint density at radius 1 is 1.02 bits per heavy atom. The molecule has 1 aliphatic carbocycles. The molecule has 3 rings (SSSR count). The van der Waals surface area contributed by atoms with E-state index in [-0.39, 0.29) is 36.1 Å². The van der Waals surface area contributed by atoms with Gasteiger partial charge in [0.15, 0.2) is 0 Å². The predicted molar refractivity (Wildman–Crippen MR) is 161 cm³/mol. The molecule has 2 aromatic carbocycles. The summed E-state index contributed by atoms with van der Waals surface area (Å²) >= 11 is 0. The SMILES string of the molecule is CCCC(C)NC(=O)C(c1cc(C)cc(C)c1)N(C(=O)C(Cc1ccc(O)cc1)NC(=O)OC(C)(C)C)C1CCC1. The smallest absolute Gasteiger partial charge is 0.408 e. The summed E-state index contributed by atoms with van der Waals surface area (Å²) in [6.07, 6.45) is 3.75. The van der Waals surface area contributed by atoms with E-state index < -0.39 is 23.8 Å². The number of rotatable bonds is 11. The van der Waals surface area contributed by atoms with Gasteiger partial charge >= 0.3 is 6.09 Å². The third-order valence-corrected chi connectivity index (χ3v) is 7.28. The van der Waals surface area contributed by atoms with Crippen molar-refractivity contribution < 1.29 is 24.2 Å². The van der Waals surface area contributed by atoms with E-state index in [1.165, 1.54) is 0 Å². The molecule has 1 aliphatic rings. The highest BCUT2D eigenvalue weighted by atomic mass is 16.6. The number of aryl methyl sites for hydroxylation is 2. The first-order chi connectivity index (χ1) is 19.3. The molecular weight excluding hydrogens is 518 g/mol. The predicted octanol–water partition coefficient (Wildman–Crippen LogP) is 5.87. The first-order valence-electron chi connectivity index (χ1n) is 14.8. The summed E-state index contributed by atoms with van der Waals surface area (Å²) in [6, 6.07) is 10.5. The number of carbonyl (C=O) groups is 3. The zero-order valence-corrected chi connectivity index (χ0v) is 25.6.